The molecule has 0 radical (unpaired) electrons. The molecule has 100 valence electrons. The van der Waals surface area contributed by atoms with Gasteiger partial charge in [0.05, 0.1) is 24.1 Å². The number of hydrogen-bond donors (Lipinski definition) is 1. The number of nitrogens with two attached hydrogens (primary N) is 1. The quantitative estimate of drug-likeness (QED) is 0.647. The van der Waals surface area contributed by atoms with Crippen molar-refractivity contribution >= 4 is 5.69 Å². The van der Waals surface area contributed by atoms with E-state index in [1.165, 1.54) is 13.2 Å². The van der Waals surface area contributed by atoms with Gasteiger partial charge < -0.3 is 15.0 Å². The molecule has 0 fully saturated rings. The van der Waals surface area contributed by atoms with Gasteiger partial charge in [-0.3, -0.25) is 10.1 Å². The van der Waals surface area contributed by atoms with Gasteiger partial charge in [0.2, 0.25) is 0 Å². The Morgan fingerprint density at radius 1 is 1.53 bits per heavy atom. The number of benzene rings is 1. The summed E-state index contributed by atoms with van der Waals surface area (Å²) in [4.78, 5) is 14.6. The van der Waals surface area contributed by atoms with E-state index >= 15 is 0 Å². The van der Waals surface area contributed by atoms with Gasteiger partial charge in [-0.1, -0.05) is 6.07 Å². The van der Waals surface area contributed by atoms with E-state index in [4.69, 9.17) is 10.5 Å². The van der Waals surface area contributed by atoms with Gasteiger partial charge >= 0.3 is 5.69 Å². The number of ether oxygens (including phenoxy) is 1. The molecule has 2 N–H and O–H groups in total. The van der Waals surface area contributed by atoms with Crippen molar-refractivity contribution in [3.8, 4) is 5.75 Å². The number of aromatic nitrogens is 2. The summed E-state index contributed by atoms with van der Waals surface area (Å²) < 4.78 is 6.78. The van der Waals surface area contributed by atoms with Crippen LogP contribution in [0.4, 0.5) is 5.69 Å². The highest BCUT2D eigenvalue weighted by atomic mass is 16.6. The lowest BCUT2D eigenvalue weighted by molar-refractivity contribution is -0.385. The Hall–Kier alpha value is -2.41. The van der Waals surface area contributed by atoms with Crippen LogP contribution >= 0.6 is 0 Å². The molecule has 0 aliphatic rings. The number of nitro groups is 1. The number of nitrogens with zero attached hydrogens (tertiary/aromatic N) is 3. The lowest BCUT2D eigenvalue weighted by Crippen LogP contribution is -2.00. The van der Waals surface area contributed by atoms with E-state index < -0.39 is 4.92 Å². The van der Waals surface area contributed by atoms with Crippen LogP contribution in [-0.4, -0.2) is 21.6 Å². The molecule has 0 aliphatic carbocycles. The molecule has 0 saturated carbocycles. The summed E-state index contributed by atoms with van der Waals surface area (Å²) in [5, 5.41) is 10.9. The molecule has 19 heavy (non-hydrogen) atoms. The standard InChI is InChI=1S/C12H14N4O3/c1-19-12-3-2-9(4-11(12)16(17)18)6-15-7-10(5-13)14-8-15/h2-4,7-8H,5-6,13H2,1H3. The maximum atomic E-state index is 10.9. The fraction of sp³-hybridized carbons (Fsp3) is 0.250. The van der Waals surface area contributed by atoms with Gasteiger partial charge in [-0.05, 0) is 11.6 Å². The highest BCUT2D eigenvalue weighted by molar-refractivity contribution is 5.48. The van der Waals surface area contributed by atoms with Crippen molar-refractivity contribution in [1.82, 2.24) is 9.55 Å². The summed E-state index contributed by atoms with van der Waals surface area (Å²) in [5.41, 5.74) is 7.01. The lowest BCUT2D eigenvalue weighted by atomic mass is 10.2. The number of rotatable bonds is 5. The van der Waals surface area contributed by atoms with Gasteiger partial charge in [-0.2, -0.15) is 0 Å². The molecule has 1 heterocycles. The van der Waals surface area contributed by atoms with Crippen LogP contribution in [0.25, 0.3) is 0 Å². The van der Waals surface area contributed by atoms with Crippen molar-refractivity contribution in [2.75, 3.05) is 7.11 Å². The van der Waals surface area contributed by atoms with E-state index in [1.807, 2.05) is 10.8 Å². The smallest absolute Gasteiger partial charge is 0.311 e. The Labute approximate surface area is 109 Å². The minimum atomic E-state index is -0.457. The summed E-state index contributed by atoms with van der Waals surface area (Å²) in [5.74, 6) is 0.252. The monoisotopic (exact) mass is 262 g/mol. The van der Waals surface area contributed by atoms with Crippen molar-refractivity contribution in [1.29, 1.82) is 0 Å². The molecule has 1 aromatic carbocycles. The molecule has 0 unspecified atom stereocenters. The molecule has 0 bridgehead atoms. The summed E-state index contributed by atoms with van der Waals surface area (Å²) in [7, 11) is 1.41. The van der Waals surface area contributed by atoms with Crippen molar-refractivity contribution in [2.24, 2.45) is 5.73 Å². The first kappa shape index (κ1) is 13.0. The van der Waals surface area contributed by atoms with Crippen LogP contribution in [0.5, 0.6) is 5.75 Å². The van der Waals surface area contributed by atoms with Crippen LogP contribution in [0.3, 0.4) is 0 Å². The topological polar surface area (TPSA) is 96.2 Å². The zero-order valence-electron chi connectivity index (χ0n) is 10.4. The molecular formula is C12H14N4O3. The summed E-state index contributed by atoms with van der Waals surface area (Å²) in [6, 6.07) is 4.88. The first-order chi connectivity index (χ1) is 9.13. The summed E-state index contributed by atoms with van der Waals surface area (Å²) >= 11 is 0. The molecular weight excluding hydrogens is 248 g/mol. The fourth-order valence-corrected chi connectivity index (χ4v) is 1.79. The van der Waals surface area contributed by atoms with E-state index in [1.54, 1.807) is 18.5 Å². The van der Waals surface area contributed by atoms with Crippen molar-refractivity contribution in [3.05, 3.63) is 52.1 Å². The van der Waals surface area contributed by atoms with Gasteiger partial charge in [0, 0.05) is 25.4 Å². The van der Waals surface area contributed by atoms with E-state index in [0.29, 0.717) is 13.1 Å². The van der Waals surface area contributed by atoms with Gasteiger partial charge in [-0.15, -0.1) is 0 Å². The third-order valence-corrected chi connectivity index (χ3v) is 2.70. The predicted octanol–water partition coefficient (Wildman–Crippen LogP) is 1.31. The summed E-state index contributed by atoms with van der Waals surface area (Å²) in [6.07, 6.45) is 3.47. The molecule has 7 nitrogen and oxygen atoms in total. The van der Waals surface area contributed by atoms with Crippen LogP contribution in [0, 0.1) is 10.1 Å². The molecule has 7 heteroatoms. The molecule has 0 amide bonds. The van der Waals surface area contributed by atoms with Crippen molar-refractivity contribution in [2.45, 2.75) is 13.1 Å². The Bertz CT molecular complexity index is 594. The molecule has 0 saturated heterocycles. The predicted molar refractivity (Wildman–Crippen MR) is 68.9 cm³/mol. The molecule has 2 rings (SSSR count). The van der Waals surface area contributed by atoms with Gasteiger partial charge in [0.25, 0.3) is 0 Å². The highest BCUT2D eigenvalue weighted by Gasteiger charge is 2.15. The first-order valence-corrected chi connectivity index (χ1v) is 5.66. The third-order valence-electron chi connectivity index (χ3n) is 2.70. The Morgan fingerprint density at radius 2 is 2.32 bits per heavy atom. The third kappa shape index (κ3) is 2.89. The zero-order chi connectivity index (χ0) is 13.8. The number of hydrogen-bond acceptors (Lipinski definition) is 5. The average Bonchev–Trinajstić information content (AvgIpc) is 2.86. The Morgan fingerprint density at radius 3 is 2.89 bits per heavy atom. The second-order valence-corrected chi connectivity index (χ2v) is 4.00. The molecule has 0 atom stereocenters. The van der Waals surface area contributed by atoms with E-state index in [0.717, 1.165) is 11.3 Å². The van der Waals surface area contributed by atoms with Gasteiger partial charge in [-0.25, -0.2) is 4.98 Å². The second-order valence-electron chi connectivity index (χ2n) is 4.00. The normalized spacial score (nSPS) is 10.4. The van der Waals surface area contributed by atoms with Gasteiger partial charge in [0.1, 0.15) is 0 Å². The molecule has 1 aromatic heterocycles. The molecule has 0 aliphatic heterocycles. The minimum Gasteiger partial charge on any atom is -0.490 e. The summed E-state index contributed by atoms with van der Waals surface area (Å²) in [6.45, 7) is 0.869. The minimum absolute atomic E-state index is 0.0424. The largest absolute Gasteiger partial charge is 0.490 e. The van der Waals surface area contributed by atoms with Crippen molar-refractivity contribution in [3.63, 3.8) is 0 Å². The number of nitro benzene ring substituents is 1. The number of imidazole rings is 1. The zero-order valence-corrected chi connectivity index (χ0v) is 10.4. The van der Waals surface area contributed by atoms with Crippen LogP contribution in [-0.2, 0) is 13.1 Å². The number of methoxy groups -OCH3 is 1. The van der Waals surface area contributed by atoms with Crippen LogP contribution in [0.2, 0.25) is 0 Å². The van der Waals surface area contributed by atoms with Crippen LogP contribution in [0.15, 0.2) is 30.7 Å². The highest BCUT2D eigenvalue weighted by Crippen LogP contribution is 2.27. The van der Waals surface area contributed by atoms with Gasteiger partial charge in [0.15, 0.2) is 5.75 Å². The van der Waals surface area contributed by atoms with E-state index in [-0.39, 0.29) is 11.4 Å². The lowest BCUT2D eigenvalue weighted by Gasteiger charge is -2.05. The maximum absolute atomic E-state index is 10.9. The first-order valence-electron chi connectivity index (χ1n) is 5.66. The fourth-order valence-electron chi connectivity index (χ4n) is 1.79. The Kier molecular flexibility index (Phi) is 3.76. The van der Waals surface area contributed by atoms with Crippen LogP contribution < -0.4 is 10.5 Å². The average molecular weight is 262 g/mol. The Balaban J connectivity index is 2.25. The van der Waals surface area contributed by atoms with Crippen molar-refractivity contribution < 1.29 is 9.66 Å². The van der Waals surface area contributed by atoms with Crippen LogP contribution in [0.1, 0.15) is 11.3 Å². The van der Waals surface area contributed by atoms with E-state index in [9.17, 15) is 10.1 Å². The van der Waals surface area contributed by atoms with E-state index in [2.05, 4.69) is 4.98 Å². The maximum Gasteiger partial charge on any atom is 0.311 e. The SMILES string of the molecule is COc1ccc(Cn2cnc(CN)c2)cc1[N+](=O)[O-]. The second kappa shape index (κ2) is 5.49. The molecule has 0 spiro atoms. The molecule has 2 aromatic rings.